The molecule has 0 heterocycles. The van der Waals surface area contributed by atoms with Gasteiger partial charge in [0.25, 0.3) is 5.91 Å². The molecule has 0 aliphatic carbocycles. The molecule has 0 bridgehead atoms. The van der Waals surface area contributed by atoms with E-state index in [-0.39, 0.29) is 25.0 Å². The number of carbonyl (C=O) groups excluding carboxylic acids is 2. The van der Waals surface area contributed by atoms with Crippen LogP contribution in [-0.2, 0) is 16.1 Å². The number of aryl methyl sites for hydroxylation is 2. The molecule has 0 radical (unpaired) electrons. The van der Waals surface area contributed by atoms with Gasteiger partial charge < -0.3 is 15.0 Å². The summed E-state index contributed by atoms with van der Waals surface area (Å²) in [5, 5.41) is 2.85. The summed E-state index contributed by atoms with van der Waals surface area (Å²) in [4.78, 5) is 27.1. The molecule has 0 saturated heterocycles. The summed E-state index contributed by atoms with van der Waals surface area (Å²) in [5.41, 5.74) is 3.43. The van der Waals surface area contributed by atoms with Gasteiger partial charge in [0, 0.05) is 18.7 Å². The molecule has 2 aromatic rings. The first kappa shape index (κ1) is 24.4. The second kappa shape index (κ2) is 11.5. The molecule has 31 heavy (non-hydrogen) atoms. The van der Waals surface area contributed by atoms with E-state index in [0.717, 1.165) is 29.5 Å². The van der Waals surface area contributed by atoms with Gasteiger partial charge in [0.2, 0.25) is 5.91 Å². The summed E-state index contributed by atoms with van der Waals surface area (Å²) >= 11 is 0. The summed E-state index contributed by atoms with van der Waals surface area (Å²) in [6.07, 6.45) is 1.81. The van der Waals surface area contributed by atoms with Crippen molar-refractivity contribution in [1.29, 1.82) is 0 Å². The van der Waals surface area contributed by atoms with E-state index in [9.17, 15) is 14.0 Å². The quantitative estimate of drug-likeness (QED) is 0.568. The summed E-state index contributed by atoms with van der Waals surface area (Å²) in [5.74, 6) is -0.414. The van der Waals surface area contributed by atoms with Gasteiger partial charge in [0.1, 0.15) is 17.6 Å². The second-order valence-corrected chi connectivity index (χ2v) is 7.93. The zero-order chi connectivity index (χ0) is 23.0. The largest absolute Gasteiger partial charge is 0.483 e. The lowest BCUT2D eigenvalue weighted by Gasteiger charge is -2.29. The Bertz CT molecular complexity index is 914. The molecule has 6 heteroatoms. The molecule has 0 spiro atoms. The summed E-state index contributed by atoms with van der Waals surface area (Å²) in [6.45, 7) is 9.89. The fourth-order valence-electron chi connectivity index (χ4n) is 3.30. The van der Waals surface area contributed by atoms with Crippen LogP contribution < -0.4 is 10.1 Å². The topological polar surface area (TPSA) is 58.6 Å². The maximum Gasteiger partial charge on any atom is 0.261 e. The van der Waals surface area contributed by atoms with Gasteiger partial charge in [-0.2, -0.15) is 0 Å². The highest BCUT2D eigenvalue weighted by Gasteiger charge is 2.27. The van der Waals surface area contributed by atoms with Crippen LogP contribution in [0.4, 0.5) is 4.39 Å². The lowest BCUT2D eigenvalue weighted by molar-refractivity contribution is -0.142. The Labute approximate surface area is 184 Å². The average molecular weight is 429 g/mol. The smallest absolute Gasteiger partial charge is 0.261 e. The number of hydrogen-bond acceptors (Lipinski definition) is 3. The third-order valence-electron chi connectivity index (χ3n) is 5.41. The van der Waals surface area contributed by atoms with Crippen LogP contribution in [0.25, 0.3) is 0 Å². The highest BCUT2D eigenvalue weighted by molar-refractivity contribution is 5.88. The van der Waals surface area contributed by atoms with E-state index in [0.29, 0.717) is 17.9 Å². The minimum absolute atomic E-state index is 0.0109. The number of rotatable bonds is 10. The molecule has 2 aromatic carbocycles. The van der Waals surface area contributed by atoms with Crippen LogP contribution in [0.5, 0.6) is 5.75 Å². The van der Waals surface area contributed by atoms with Crippen molar-refractivity contribution in [2.75, 3.05) is 13.2 Å². The fraction of sp³-hybridized carbons (Fsp3) is 0.440. The van der Waals surface area contributed by atoms with Crippen LogP contribution in [0.1, 0.15) is 48.9 Å². The number of nitrogens with zero attached hydrogens (tertiary/aromatic N) is 1. The Hall–Kier alpha value is -2.89. The van der Waals surface area contributed by atoms with E-state index in [4.69, 9.17) is 4.74 Å². The Kier molecular flexibility index (Phi) is 9.03. The molecule has 0 aromatic heterocycles. The predicted molar refractivity (Wildman–Crippen MR) is 120 cm³/mol. The van der Waals surface area contributed by atoms with Crippen LogP contribution in [0.2, 0.25) is 0 Å². The monoisotopic (exact) mass is 428 g/mol. The first-order chi connectivity index (χ1) is 14.7. The normalized spacial score (nSPS) is 11.7. The van der Waals surface area contributed by atoms with Crippen molar-refractivity contribution in [3.63, 3.8) is 0 Å². The Balaban J connectivity index is 2.19. The zero-order valence-corrected chi connectivity index (χ0v) is 19.1. The van der Waals surface area contributed by atoms with E-state index >= 15 is 0 Å². The van der Waals surface area contributed by atoms with Crippen molar-refractivity contribution < 1.29 is 18.7 Å². The van der Waals surface area contributed by atoms with Gasteiger partial charge >= 0.3 is 0 Å². The van der Waals surface area contributed by atoms with Crippen molar-refractivity contribution in [2.24, 2.45) is 0 Å². The number of nitrogens with one attached hydrogen (secondary N) is 1. The molecule has 5 nitrogen and oxygen atoms in total. The highest BCUT2D eigenvalue weighted by atomic mass is 19.1. The van der Waals surface area contributed by atoms with Crippen LogP contribution in [-0.4, -0.2) is 35.9 Å². The van der Waals surface area contributed by atoms with E-state index < -0.39 is 11.9 Å². The SMILES string of the molecule is CCCCNC(=O)C(C)N(Cc1ccccc1F)C(=O)COc1cc(C)cc(C)c1C. The first-order valence-corrected chi connectivity index (χ1v) is 10.8. The second-order valence-electron chi connectivity index (χ2n) is 7.93. The molecule has 0 aliphatic rings. The van der Waals surface area contributed by atoms with E-state index in [1.165, 1.54) is 11.0 Å². The summed E-state index contributed by atoms with van der Waals surface area (Å²) in [6, 6.07) is 9.45. The number of halogens is 1. The number of amides is 2. The molecule has 0 fully saturated rings. The fourth-order valence-corrected chi connectivity index (χ4v) is 3.30. The van der Waals surface area contributed by atoms with Crippen molar-refractivity contribution >= 4 is 11.8 Å². The van der Waals surface area contributed by atoms with Gasteiger partial charge in [-0.3, -0.25) is 9.59 Å². The molecule has 1 atom stereocenters. The average Bonchev–Trinajstić information content (AvgIpc) is 2.74. The molecule has 0 aliphatic heterocycles. The number of unbranched alkanes of at least 4 members (excludes halogenated alkanes) is 1. The lowest BCUT2D eigenvalue weighted by atomic mass is 10.1. The minimum Gasteiger partial charge on any atom is -0.483 e. The van der Waals surface area contributed by atoms with Crippen LogP contribution in [0, 0.1) is 26.6 Å². The van der Waals surface area contributed by atoms with Gasteiger partial charge in [0.05, 0.1) is 0 Å². The maximum atomic E-state index is 14.2. The standard InChI is InChI=1S/C25H33FN2O3/c1-6-7-12-27-25(30)20(5)28(15-21-10-8-9-11-22(21)26)24(29)16-31-23-14-17(2)13-18(3)19(23)4/h8-11,13-14,20H,6-7,12,15-16H2,1-5H3,(H,27,30). The summed E-state index contributed by atoms with van der Waals surface area (Å²) in [7, 11) is 0. The number of hydrogen-bond donors (Lipinski definition) is 1. The van der Waals surface area contributed by atoms with Crippen molar-refractivity contribution in [3.8, 4) is 5.75 Å². The van der Waals surface area contributed by atoms with Crippen LogP contribution in [0.3, 0.4) is 0 Å². The predicted octanol–water partition coefficient (Wildman–Crippen LogP) is 4.46. The molecular formula is C25H33FN2O3. The van der Waals surface area contributed by atoms with Crippen molar-refractivity contribution in [2.45, 2.75) is 60.0 Å². The third kappa shape index (κ3) is 6.81. The van der Waals surface area contributed by atoms with Gasteiger partial charge in [-0.25, -0.2) is 4.39 Å². The Morgan fingerprint density at radius 2 is 1.87 bits per heavy atom. The van der Waals surface area contributed by atoms with E-state index in [1.807, 2.05) is 33.8 Å². The van der Waals surface area contributed by atoms with Crippen molar-refractivity contribution in [1.82, 2.24) is 10.2 Å². The summed E-state index contributed by atoms with van der Waals surface area (Å²) < 4.78 is 20.1. The van der Waals surface area contributed by atoms with E-state index in [2.05, 4.69) is 11.4 Å². The van der Waals surface area contributed by atoms with Gasteiger partial charge in [-0.05, 0) is 62.9 Å². The molecule has 168 valence electrons. The van der Waals surface area contributed by atoms with Crippen LogP contribution in [0.15, 0.2) is 36.4 Å². The lowest BCUT2D eigenvalue weighted by Crippen LogP contribution is -2.49. The van der Waals surface area contributed by atoms with Gasteiger partial charge in [0.15, 0.2) is 6.61 Å². The minimum atomic E-state index is -0.757. The van der Waals surface area contributed by atoms with Gasteiger partial charge in [-0.1, -0.05) is 37.6 Å². The third-order valence-corrected chi connectivity index (χ3v) is 5.41. The molecular weight excluding hydrogens is 395 g/mol. The van der Waals surface area contributed by atoms with Crippen LogP contribution >= 0.6 is 0 Å². The number of ether oxygens (including phenoxy) is 1. The molecule has 2 amide bonds. The number of carbonyl (C=O) groups is 2. The Morgan fingerprint density at radius 3 is 2.55 bits per heavy atom. The van der Waals surface area contributed by atoms with Crippen molar-refractivity contribution in [3.05, 3.63) is 64.5 Å². The van der Waals surface area contributed by atoms with Gasteiger partial charge in [-0.15, -0.1) is 0 Å². The van der Waals surface area contributed by atoms with E-state index in [1.54, 1.807) is 25.1 Å². The highest BCUT2D eigenvalue weighted by Crippen LogP contribution is 2.23. The molecule has 0 saturated carbocycles. The number of benzene rings is 2. The Morgan fingerprint density at radius 1 is 1.16 bits per heavy atom. The molecule has 2 rings (SSSR count). The molecule has 1 unspecified atom stereocenters. The molecule has 1 N–H and O–H groups in total. The zero-order valence-electron chi connectivity index (χ0n) is 19.1. The first-order valence-electron chi connectivity index (χ1n) is 10.8. The maximum absolute atomic E-state index is 14.2.